The Morgan fingerprint density at radius 2 is 1.93 bits per heavy atom. The van der Waals surface area contributed by atoms with Gasteiger partial charge in [-0.2, -0.15) is 0 Å². The van der Waals surface area contributed by atoms with Gasteiger partial charge in [-0.25, -0.2) is 0 Å². The van der Waals surface area contributed by atoms with Crippen LogP contribution in [0.3, 0.4) is 0 Å². The Hall–Kier alpha value is -3.22. The summed E-state index contributed by atoms with van der Waals surface area (Å²) in [6, 6.07) is 13.5. The zero-order valence-electron chi connectivity index (χ0n) is 16.0. The number of anilines is 1. The van der Waals surface area contributed by atoms with Crippen LogP contribution in [0.2, 0.25) is 0 Å². The van der Waals surface area contributed by atoms with Crippen LogP contribution in [-0.4, -0.2) is 33.7 Å². The van der Waals surface area contributed by atoms with Crippen LogP contribution in [0.15, 0.2) is 48.5 Å². The molecule has 28 heavy (non-hydrogen) atoms. The number of amides is 2. The first-order valence-corrected chi connectivity index (χ1v) is 9.32. The Morgan fingerprint density at radius 3 is 2.57 bits per heavy atom. The monoisotopic (exact) mass is 381 g/mol. The second-order valence-corrected chi connectivity index (χ2v) is 7.11. The van der Waals surface area contributed by atoms with E-state index in [0.717, 1.165) is 6.42 Å². The van der Waals surface area contributed by atoms with E-state index >= 15 is 0 Å². The zero-order valence-corrected chi connectivity index (χ0v) is 16.0. The molecule has 7 nitrogen and oxygen atoms in total. The number of hydrogen-bond acceptors (Lipinski definition) is 4. The number of nitrogens with one attached hydrogen (secondary N) is 1. The number of aryl methyl sites for hydroxylation is 1. The summed E-state index contributed by atoms with van der Waals surface area (Å²) in [4.78, 5) is 38.4. The lowest BCUT2D eigenvalue weighted by Gasteiger charge is -2.34. The average Bonchev–Trinajstić information content (AvgIpc) is 3.11. The summed E-state index contributed by atoms with van der Waals surface area (Å²) < 4.78 is 0. The summed E-state index contributed by atoms with van der Waals surface area (Å²) >= 11 is 0. The van der Waals surface area contributed by atoms with Crippen LogP contribution in [-0.2, 0) is 11.2 Å². The van der Waals surface area contributed by atoms with Crippen molar-refractivity contribution in [3.05, 3.63) is 69.8 Å². The quantitative estimate of drug-likeness (QED) is 0.630. The first-order valence-electron chi connectivity index (χ1n) is 9.32. The van der Waals surface area contributed by atoms with Gasteiger partial charge in [0.25, 0.3) is 11.6 Å². The molecule has 1 N–H and O–H groups in total. The third-order valence-corrected chi connectivity index (χ3v) is 5.32. The molecule has 7 heteroatoms. The molecule has 2 aromatic carbocycles. The number of likely N-dealkylation sites (tertiary alicyclic amines) is 1. The molecular weight excluding hydrogens is 358 g/mol. The fourth-order valence-corrected chi connectivity index (χ4v) is 3.64. The highest BCUT2D eigenvalue weighted by molar-refractivity contribution is 6.04. The van der Waals surface area contributed by atoms with E-state index in [-0.39, 0.29) is 17.5 Å². The van der Waals surface area contributed by atoms with Crippen molar-refractivity contribution in [1.82, 2.24) is 4.90 Å². The minimum atomic E-state index is -1.01. The van der Waals surface area contributed by atoms with Gasteiger partial charge in [0, 0.05) is 29.4 Å². The van der Waals surface area contributed by atoms with Gasteiger partial charge in [0.1, 0.15) is 5.54 Å². The maximum Gasteiger partial charge on any atom is 0.274 e. The number of hydrogen-bond donors (Lipinski definition) is 1. The SMILES string of the molecule is CCc1ccc(NC(=O)C2(C)CCCN2C(=O)c2ccccc2)cc1[N+](=O)[O-]. The van der Waals surface area contributed by atoms with E-state index < -0.39 is 10.5 Å². The molecule has 1 fully saturated rings. The molecule has 1 aliphatic heterocycles. The lowest BCUT2D eigenvalue weighted by Crippen LogP contribution is -2.53. The van der Waals surface area contributed by atoms with Crippen LogP contribution in [0.1, 0.15) is 42.6 Å². The molecule has 0 bridgehead atoms. The largest absolute Gasteiger partial charge is 0.324 e. The number of rotatable bonds is 5. The first kappa shape index (κ1) is 19.5. The number of benzene rings is 2. The average molecular weight is 381 g/mol. The number of carbonyl (C=O) groups excluding carboxylic acids is 2. The van der Waals surface area contributed by atoms with Gasteiger partial charge in [-0.05, 0) is 44.4 Å². The summed E-state index contributed by atoms with van der Waals surface area (Å²) in [6.07, 6.45) is 1.78. The summed E-state index contributed by atoms with van der Waals surface area (Å²) in [5.74, 6) is -0.532. The van der Waals surface area contributed by atoms with E-state index in [4.69, 9.17) is 0 Å². The number of nitrogens with zero attached hydrogens (tertiary/aromatic N) is 2. The van der Waals surface area contributed by atoms with Crippen LogP contribution in [0.4, 0.5) is 11.4 Å². The van der Waals surface area contributed by atoms with E-state index in [2.05, 4.69) is 5.32 Å². The summed E-state index contributed by atoms with van der Waals surface area (Å²) in [7, 11) is 0. The first-order chi connectivity index (χ1) is 13.4. The number of nitro groups is 1. The minimum absolute atomic E-state index is 0.0194. The van der Waals surface area contributed by atoms with Gasteiger partial charge < -0.3 is 10.2 Å². The molecule has 1 unspecified atom stereocenters. The predicted octanol–water partition coefficient (Wildman–Crippen LogP) is 3.79. The molecular formula is C21H23N3O4. The highest BCUT2D eigenvalue weighted by Gasteiger charge is 2.46. The van der Waals surface area contributed by atoms with Gasteiger partial charge in [0.05, 0.1) is 4.92 Å². The van der Waals surface area contributed by atoms with Gasteiger partial charge in [0.15, 0.2) is 0 Å². The van der Waals surface area contributed by atoms with E-state index in [1.807, 2.05) is 13.0 Å². The van der Waals surface area contributed by atoms with Crippen molar-refractivity contribution in [2.75, 3.05) is 11.9 Å². The zero-order chi connectivity index (χ0) is 20.3. The molecule has 0 aromatic heterocycles. The molecule has 1 aliphatic rings. The Morgan fingerprint density at radius 1 is 1.21 bits per heavy atom. The fraction of sp³-hybridized carbons (Fsp3) is 0.333. The Balaban J connectivity index is 1.84. The Labute approximate surface area is 163 Å². The van der Waals surface area contributed by atoms with Crippen molar-refractivity contribution in [1.29, 1.82) is 0 Å². The molecule has 2 aromatic rings. The normalized spacial score (nSPS) is 18.7. The Bertz CT molecular complexity index is 913. The molecule has 0 spiro atoms. The van der Waals surface area contributed by atoms with Crippen molar-refractivity contribution in [3.63, 3.8) is 0 Å². The van der Waals surface area contributed by atoms with E-state index in [0.29, 0.717) is 36.2 Å². The van der Waals surface area contributed by atoms with E-state index in [1.54, 1.807) is 48.2 Å². The molecule has 146 valence electrons. The summed E-state index contributed by atoms with van der Waals surface area (Å²) in [5.41, 5.74) is 0.469. The number of carbonyl (C=O) groups is 2. The van der Waals surface area contributed by atoms with Gasteiger partial charge in [-0.3, -0.25) is 19.7 Å². The van der Waals surface area contributed by atoms with Crippen molar-refractivity contribution in [2.24, 2.45) is 0 Å². The van der Waals surface area contributed by atoms with Crippen LogP contribution in [0, 0.1) is 10.1 Å². The summed E-state index contributed by atoms with van der Waals surface area (Å²) in [6.45, 7) is 4.07. The second kappa shape index (κ2) is 7.80. The summed E-state index contributed by atoms with van der Waals surface area (Å²) in [5, 5.41) is 14.0. The number of nitro benzene ring substituents is 1. The molecule has 1 heterocycles. The standard InChI is InChI=1S/C21H23N3O4/c1-3-15-10-11-17(14-18(15)24(27)28)22-20(26)21(2)12-7-13-23(21)19(25)16-8-5-4-6-9-16/h4-6,8-11,14H,3,7,12-13H2,1-2H3,(H,22,26). The van der Waals surface area contributed by atoms with Gasteiger partial charge in [-0.1, -0.05) is 31.2 Å². The van der Waals surface area contributed by atoms with Crippen LogP contribution >= 0.6 is 0 Å². The maximum atomic E-state index is 13.0. The Kier molecular flexibility index (Phi) is 5.44. The van der Waals surface area contributed by atoms with Crippen LogP contribution in [0.5, 0.6) is 0 Å². The van der Waals surface area contributed by atoms with Crippen molar-refractivity contribution in [2.45, 2.75) is 38.6 Å². The highest BCUT2D eigenvalue weighted by atomic mass is 16.6. The molecule has 0 saturated carbocycles. The van der Waals surface area contributed by atoms with Gasteiger partial charge >= 0.3 is 0 Å². The molecule has 3 rings (SSSR count). The van der Waals surface area contributed by atoms with Gasteiger partial charge in [-0.15, -0.1) is 0 Å². The molecule has 0 aliphatic carbocycles. The predicted molar refractivity (Wildman–Crippen MR) is 106 cm³/mol. The third-order valence-electron chi connectivity index (χ3n) is 5.32. The van der Waals surface area contributed by atoms with E-state index in [9.17, 15) is 19.7 Å². The molecule has 1 atom stereocenters. The maximum absolute atomic E-state index is 13.0. The topological polar surface area (TPSA) is 92.6 Å². The second-order valence-electron chi connectivity index (χ2n) is 7.11. The highest BCUT2D eigenvalue weighted by Crippen LogP contribution is 2.32. The third kappa shape index (κ3) is 3.60. The van der Waals surface area contributed by atoms with Crippen molar-refractivity contribution < 1.29 is 14.5 Å². The lowest BCUT2D eigenvalue weighted by molar-refractivity contribution is -0.385. The molecule has 1 saturated heterocycles. The minimum Gasteiger partial charge on any atom is -0.324 e. The van der Waals surface area contributed by atoms with Crippen LogP contribution in [0.25, 0.3) is 0 Å². The smallest absolute Gasteiger partial charge is 0.274 e. The lowest BCUT2D eigenvalue weighted by atomic mass is 9.96. The van der Waals surface area contributed by atoms with Crippen molar-refractivity contribution >= 4 is 23.2 Å². The van der Waals surface area contributed by atoms with Crippen LogP contribution < -0.4 is 5.32 Å². The fourth-order valence-electron chi connectivity index (χ4n) is 3.64. The molecule has 0 radical (unpaired) electrons. The van der Waals surface area contributed by atoms with Gasteiger partial charge in [0.2, 0.25) is 5.91 Å². The van der Waals surface area contributed by atoms with E-state index in [1.165, 1.54) is 6.07 Å². The molecule has 2 amide bonds. The van der Waals surface area contributed by atoms with Crippen molar-refractivity contribution in [3.8, 4) is 0 Å².